The quantitative estimate of drug-likeness (QED) is 0.751. The lowest BCUT2D eigenvalue weighted by Crippen LogP contribution is -2.50. The van der Waals surface area contributed by atoms with E-state index in [2.05, 4.69) is 22.6 Å². The molecule has 0 unspecified atom stereocenters. The average molecular weight is 328 g/mol. The number of nitrogens with zero attached hydrogens (tertiary/aromatic N) is 1. The van der Waals surface area contributed by atoms with Crippen LogP contribution in [-0.2, 0) is 12.6 Å². The van der Waals surface area contributed by atoms with Gasteiger partial charge in [0.25, 0.3) is 5.91 Å². The Kier molecular flexibility index (Phi) is 3.23. The molecular weight excluding hydrogens is 310 g/mol. The van der Waals surface area contributed by atoms with E-state index in [-0.39, 0.29) is 11.4 Å². The largest absolute Gasteiger partial charge is 0.357 e. The van der Waals surface area contributed by atoms with E-state index in [4.69, 9.17) is 11.6 Å². The molecule has 1 aliphatic carbocycles. The lowest BCUT2D eigenvalue weighted by molar-refractivity contribution is 0.0819. The summed E-state index contributed by atoms with van der Waals surface area (Å²) in [5, 5.41) is 4.85. The first-order valence-corrected chi connectivity index (χ1v) is 8.17. The molecular formula is C18H18ClN3O. The van der Waals surface area contributed by atoms with Gasteiger partial charge in [-0.05, 0) is 55.2 Å². The Bertz CT molecular complexity index is 889. The topological polar surface area (TPSA) is 49.8 Å². The first-order valence-electron chi connectivity index (χ1n) is 7.79. The number of H-pyrrole nitrogens is 1. The molecule has 1 fully saturated rings. The van der Waals surface area contributed by atoms with Crippen LogP contribution < -0.4 is 5.32 Å². The lowest BCUT2D eigenvalue weighted by atomic mass is 9.72. The number of hydrogen-bond acceptors (Lipinski definition) is 1. The third-order valence-electron chi connectivity index (χ3n) is 4.77. The average Bonchev–Trinajstić information content (AvgIpc) is 3.08. The van der Waals surface area contributed by atoms with E-state index < -0.39 is 0 Å². The molecule has 2 N–H and O–H groups in total. The number of nitrogens with one attached hydrogen (secondary N) is 2. The van der Waals surface area contributed by atoms with Crippen LogP contribution in [-0.4, -0.2) is 15.5 Å². The molecule has 0 bridgehead atoms. The van der Waals surface area contributed by atoms with Gasteiger partial charge in [0.2, 0.25) is 0 Å². The molecule has 4 rings (SSSR count). The molecule has 0 saturated heterocycles. The lowest BCUT2D eigenvalue weighted by Gasteiger charge is -2.42. The predicted molar refractivity (Wildman–Crippen MR) is 91.7 cm³/mol. The number of aryl methyl sites for hydroxylation is 1. The van der Waals surface area contributed by atoms with Crippen molar-refractivity contribution in [2.75, 3.05) is 0 Å². The smallest absolute Gasteiger partial charge is 0.268 e. The van der Waals surface area contributed by atoms with Crippen molar-refractivity contribution in [1.29, 1.82) is 0 Å². The fraction of sp³-hybridized carbons (Fsp3) is 0.278. The van der Waals surface area contributed by atoms with E-state index >= 15 is 0 Å². The number of hydrogen-bond donors (Lipinski definition) is 2. The minimum atomic E-state index is -0.229. The van der Waals surface area contributed by atoms with Gasteiger partial charge in [0.15, 0.2) is 0 Å². The highest BCUT2D eigenvalue weighted by molar-refractivity contribution is 6.31. The molecule has 2 aromatic heterocycles. The zero-order valence-electron chi connectivity index (χ0n) is 12.9. The van der Waals surface area contributed by atoms with Crippen LogP contribution in [0.15, 0.2) is 42.7 Å². The summed E-state index contributed by atoms with van der Waals surface area (Å²) in [6.45, 7) is 0. The Morgan fingerprint density at radius 3 is 2.78 bits per heavy atom. The molecule has 1 saturated carbocycles. The van der Waals surface area contributed by atoms with Crippen molar-refractivity contribution in [2.24, 2.45) is 7.05 Å². The minimum Gasteiger partial charge on any atom is -0.357 e. The van der Waals surface area contributed by atoms with Crippen molar-refractivity contribution in [3.05, 3.63) is 59.0 Å². The number of aromatic amines is 1. The van der Waals surface area contributed by atoms with Gasteiger partial charge in [0.1, 0.15) is 5.69 Å². The van der Waals surface area contributed by atoms with Gasteiger partial charge in [-0.25, -0.2) is 0 Å². The Balaban J connectivity index is 1.63. The molecule has 4 nitrogen and oxygen atoms in total. The summed E-state index contributed by atoms with van der Waals surface area (Å²) >= 11 is 6.01. The van der Waals surface area contributed by atoms with E-state index in [0.717, 1.165) is 30.2 Å². The van der Waals surface area contributed by atoms with Crippen molar-refractivity contribution in [1.82, 2.24) is 14.9 Å². The summed E-state index contributed by atoms with van der Waals surface area (Å²) in [4.78, 5) is 15.9. The molecule has 1 aromatic carbocycles. The van der Waals surface area contributed by atoms with Crippen LogP contribution in [0.1, 0.15) is 35.3 Å². The molecule has 1 amide bonds. The van der Waals surface area contributed by atoms with Crippen LogP contribution >= 0.6 is 11.6 Å². The van der Waals surface area contributed by atoms with Crippen molar-refractivity contribution in [3.63, 3.8) is 0 Å². The second-order valence-electron chi connectivity index (χ2n) is 6.37. The van der Waals surface area contributed by atoms with Gasteiger partial charge in [-0.15, -0.1) is 0 Å². The molecule has 3 aromatic rings. The fourth-order valence-corrected chi connectivity index (χ4v) is 3.49. The normalized spacial score (nSPS) is 16.3. The molecule has 0 radical (unpaired) electrons. The summed E-state index contributed by atoms with van der Waals surface area (Å²) in [6.07, 6.45) is 7.21. The molecule has 0 atom stereocenters. The first-order chi connectivity index (χ1) is 11.1. The monoisotopic (exact) mass is 327 g/mol. The Morgan fingerprint density at radius 2 is 2.13 bits per heavy atom. The number of carbonyl (C=O) groups excluding carboxylic acids is 1. The number of fused-ring (bicyclic) bond motifs is 1. The van der Waals surface area contributed by atoms with Crippen molar-refractivity contribution >= 4 is 28.4 Å². The van der Waals surface area contributed by atoms with E-state index in [1.54, 1.807) is 0 Å². The highest BCUT2D eigenvalue weighted by atomic mass is 35.5. The van der Waals surface area contributed by atoms with E-state index in [1.165, 1.54) is 5.56 Å². The van der Waals surface area contributed by atoms with Gasteiger partial charge in [0, 0.05) is 35.4 Å². The van der Waals surface area contributed by atoms with E-state index in [1.807, 2.05) is 42.1 Å². The van der Waals surface area contributed by atoms with Crippen molar-refractivity contribution in [3.8, 4) is 0 Å². The molecule has 0 spiro atoms. The molecule has 2 heterocycles. The molecule has 5 heteroatoms. The number of carbonyl (C=O) groups is 1. The Hall–Kier alpha value is -2.20. The van der Waals surface area contributed by atoms with Crippen molar-refractivity contribution < 1.29 is 4.79 Å². The fourth-order valence-electron chi connectivity index (χ4n) is 3.31. The van der Waals surface area contributed by atoms with Crippen LogP contribution in [0.5, 0.6) is 0 Å². The maximum Gasteiger partial charge on any atom is 0.268 e. The maximum atomic E-state index is 12.7. The summed E-state index contributed by atoms with van der Waals surface area (Å²) in [6, 6.07) is 9.52. The molecule has 23 heavy (non-hydrogen) atoms. The van der Waals surface area contributed by atoms with Gasteiger partial charge >= 0.3 is 0 Å². The highest BCUT2D eigenvalue weighted by Gasteiger charge is 2.40. The second kappa shape index (κ2) is 5.17. The second-order valence-corrected chi connectivity index (χ2v) is 6.81. The highest BCUT2D eigenvalue weighted by Crippen LogP contribution is 2.41. The zero-order chi connectivity index (χ0) is 16.0. The maximum absolute atomic E-state index is 12.7. The van der Waals surface area contributed by atoms with E-state index in [9.17, 15) is 4.79 Å². The number of amides is 1. The van der Waals surface area contributed by atoms with E-state index in [0.29, 0.717) is 10.7 Å². The van der Waals surface area contributed by atoms with Gasteiger partial charge in [-0.3, -0.25) is 4.79 Å². The van der Waals surface area contributed by atoms with Crippen LogP contribution in [0.25, 0.3) is 10.9 Å². The van der Waals surface area contributed by atoms with Gasteiger partial charge in [-0.2, -0.15) is 0 Å². The zero-order valence-corrected chi connectivity index (χ0v) is 13.7. The summed E-state index contributed by atoms with van der Waals surface area (Å²) in [5.74, 6) is -0.0686. The third-order valence-corrected chi connectivity index (χ3v) is 5.01. The van der Waals surface area contributed by atoms with Crippen LogP contribution in [0, 0.1) is 0 Å². The molecule has 0 aliphatic heterocycles. The molecule has 1 aliphatic rings. The molecule has 118 valence electrons. The van der Waals surface area contributed by atoms with Gasteiger partial charge < -0.3 is 14.9 Å². The predicted octanol–water partition coefficient (Wildman–Crippen LogP) is 3.97. The van der Waals surface area contributed by atoms with Gasteiger partial charge in [0.05, 0.1) is 5.54 Å². The number of halogens is 1. The van der Waals surface area contributed by atoms with Crippen molar-refractivity contribution in [2.45, 2.75) is 24.8 Å². The summed E-state index contributed by atoms with van der Waals surface area (Å²) < 4.78 is 2.02. The summed E-state index contributed by atoms with van der Waals surface area (Å²) in [5.41, 5.74) is 2.44. The number of aromatic nitrogens is 2. The van der Waals surface area contributed by atoms with Crippen LogP contribution in [0.3, 0.4) is 0 Å². The van der Waals surface area contributed by atoms with Crippen LogP contribution in [0.4, 0.5) is 0 Å². The SMILES string of the molecule is Cn1ccc(C2(NC(=O)c3cc4cc(Cl)ccc4[nH]3)CCC2)c1. The minimum absolute atomic E-state index is 0.0686. The Labute approximate surface area is 139 Å². The Morgan fingerprint density at radius 1 is 1.30 bits per heavy atom. The standard InChI is InChI=1S/C18H18ClN3O/c1-22-8-5-13(11-22)18(6-2-7-18)21-17(23)16-10-12-9-14(19)3-4-15(12)20-16/h3-5,8-11,20H,2,6-7H2,1H3,(H,21,23). The summed E-state index contributed by atoms with van der Waals surface area (Å²) in [7, 11) is 2.00. The number of benzene rings is 1. The van der Waals surface area contributed by atoms with Gasteiger partial charge in [-0.1, -0.05) is 11.6 Å². The first kappa shape index (κ1) is 14.4. The van der Waals surface area contributed by atoms with Crippen LogP contribution in [0.2, 0.25) is 5.02 Å². The number of rotatable bonds is 3. The third kappa shape index (κ3) is 2.43.